The van der Waals surface area contributed by atoms with Gasteiger partial charge in [-0.25, -0.2) is 0 Å². The van der Waals surface area contributed by atoms with Crippen LogP contribution in [0.1, 0.15) is 28.8 Å². The first-order chi connectivity index (χ1) is 11.7. The highest BCUT2D eigenvalue weighted by atomic mass is 35.5. The van der Waals surface area contributed by atoms with Gasteiger partial charge in [-0.2, -0.15) is 0 Å². The summed E-state index contributed by atoms with van der Waals surface area (Å²) in [5.74, 6) is -0.0862. The molecule has 0 saturated carbocycles. The molecule has 2 N–H and O–H groups in total. The Kier molecular flexibility index (Phi) is 3.90. The third-order valence-corrected chi connectivity index (χ3v) is 5.15. The Morgan fingerprint density at radius 1 is 1.12 bits per heavy atom. The predicted molar refractivity (Wildman–Crippen MR) is 94.0 cm³/mol. The molecule has 0 atom stereocenters. The van der Waals surface area contributed by atoms with E-state index in [0.29, 0.717) is 10.6 Å². The average molecular weight is 343 g/mol. The number of hydrogen-bond acceptors (Lipinski definition) is 4. The Labute approximate surface area is 146 Å². The topological polar surface area (TPSA) is 57.3 Å². The number of nitrogens with zero attached hydrogens (tertiary/aromatic N) is 2. The van der Waals surface area contributed by atoms with Crippen LogP contribution in [0, 0.1) is 0 Å². The van der Waals surface area contributed by atoms with Crippen molar-refractivity contribution in [2.45, 2.75) is 25.0 Å². The van der Waals surface area contributed by atoms with Crippen molar-refractivity contribution < 1.29 is 4.79 Å². The van der Waals surface area contributed by atoms with E-state index >= 15 is 0 Å². The number of anilines is 1. The lowest BCUT2D eigenvalue weighted by atomic mass is 9.92. The zero-order valence-electron chi connectivity index (χ0n) is 13.3. The van der Waals surface area contributed by atoms with Gasteiger partial charge in [0.25, 0.3) is 5.91 Å². The molecular weight excluding hydrogens is 324 g/mol. The summed E-state index contributed by atoms with van der Waals surface area (Å²) in [6, 6.07) is 9.63. The van der Waals surface area contributed by atoms with Crippen molar-refractivity contribution >= 4 is 23.2 Å². The van der Waals surface area contributed by atoms with Crippen LogP contribution in [-0.2, 0) is 6.54 Å². The van der Waals surface area contributed by atoms with Crippen molar-refractivity contribution in [2.24, 2.45) is 0 Å². The molecule has 5 nitrogen and oxygen atoms in total. The molecule has 2 aromatic rings. The fourth-order valence-corrected chi connectivity index (χ4v) is 3.78. The Hall–Kier alpha value is -2.11. The first-order valence-corrected chi connectivity index (χ1v) is 8.53. The Morgan fingerprint density at radius 2 is 1.88 bits per heavy atom. The zero-order chi connectivity index (χ0) is 16.6. The number of nitrogens with one attached hydrogen (secondary N) is 2. The van der Waals surface area contributed by atoms with Crippen molar-refractivity contribution in [1.29, 1.82) is 0 Å². The minimum atomic E-state index is -0.372. The van der Waals surface area contributed by atoms with E-state index in [1.54, 1.807) is 6.07 Å². The Morgan fingerprint density at radius 3 is 2.62 bits per heavy atom. The van der Waals surface area contributed by atoms with Crippen LogP contribution in [0.15, 0.2) is 42.7 Å². The van der Waals surface area contributed by atoms with E-state index in [9.17, 15) is 4.79 Å². The van der Waals surface area contributed by atoms with Gasteiger partial charge in [-0.1, -0.05) is 17.7 Å². The molecule has 0 bridgehead atoms. The molecule has 1 saturated heterocycles. The van der Waals surface area contributed by atoms with E-state index in [1.165, 1.54) is 5.56 Å². The molecular formula is C18H19ClN4O. The van der Waals surface area contributed by atoms with Crippen LogP contribution in [0.25, 0.3) is 0 Å². The number of halogens is 1. The quantitative estimate of drug-likeness (QED) is 0.881. The van der Waals surface area contributed by atoms with E-state index in [2.05, 4.69) is 20.5 Å². The number of pyridine rings is 1. The van der Waals surface area contributed by atoms with Gasteiger partial charge >= 0.3 is 0 Å². The Bertz CT molecular complexity index is 757. The van der Waals surface area contributed by atoms with Crippen LogP contribution in [0.2, 0.25) is 5.02 Å². The summed E-state index contributed by atoms with van der Waals surface area (Å²) in [5.41, 5.74) is 2.26. The molecule has 1 fully saturated rings. The largest absolute Gasteiger partial charge is 0.362 e. The number of aromatic nitrogens is 1. The third-order valence-electron chi connectivity index (χ3n) is 4.83. The molecule has 1 spiro atoms. The monoisotopic (exact) mass is 342 g/mol. The second-order valence-electron chi connectivity index (χ2n) is 6.46. The van der Waals surface area contributed by atoms with Gasteiger partial charge in [-0.05, 0) is 29.8 Å². The summed E-state index contributed by atoms with van der Waals surface area (Å²) >= 11 is 6.16. The standard InChI is InChI=1S/C18H19ClN4O/c19-14-2-1-3-15-16(14)17(24)22-18(21-15)6-10-23(11-7-18)12-13-4-8-20-9-5-13/h1-5,8-9,21H,6-7,10-12H2,(H,22,24). The summed E-state index contributed by atoms with van der Waals surface area (Å²) in [5, 5.41) is 7.15. The van der Waals surface area contributed by atoms with Crippen LogP contribution in [0.5, 0.6) is 0 Å². The lowest BCUT2D eigenvalue weighted by Crippen LogP contribution is -2.62. The second kappa shape index (κ2) is 6.07. The van der Waals surface area contributed by atoms with Crippen molar-refractivity contribution in [2.75, 3.05) is 18.4 Å². The molecule has 1 aromatic heterocycles. The number of carbonyl (C=O) groups is 1. The highest BCUT2D eigenvalue weighted by molar-refractivity contribution is 6.34. The van der Waals surface area contributed by atoms with Crippen LogP contribution in [0.3, 0.4) is 0 Å². The third kappa shape index (κ3) is 2.85. The molecule has 1 amide bonds. The normalized spacial score (nSPS) is 19.5. The molecule has 3 heterocycles. The fraction of sp³-hybridized carbons (Fsp3) is 0.333. The van der Waals surface area contributed by atoms with Crippen LogP contribution in [-0.4, -0.2) is 34.5 Å². The first-order valence-electron chi connectivity index (χ1n) is 8.16. The molecule has 24 heavy (non-hydrogen) atoms. The van der Waals surface area contributed by atoms with Gasteiger partial charge in [0.1, 0.15) is 5.66 Å². The minimum absolute atomic E-state index is 0.0862. The highest BCUT2D eigenvalue weighted by Crippen LogP contribution is 2.34. The van der Waals surface area contributed by atoms with Crippen LogP contribution >= 0.6 is 11.6 Å². The second-order valence-corrected chi connectivity index (χ2v) is 6.86. The highest BCUT2D eigenvalue weighted by Gasteiger charge is 2.40. The molecule has 124 valence electrons. The van der Waals surface area contributed by atoms with Gasteiger partial charge in [-0.15, -0.1) is 0 Å². The summed E-state index contributed by atoms with van der Waals surface area (Å²) in [6.45, 7) is 2.76. The van der Waals surface area contributed by atoms with Gasteiger partial charge in [-0.3, -0.25) is 14.7 Å². The van der Waals surface area contributed by atoms with Crippen molar-refractivity contribution in [3.05, 3.63) is 58.9 Å². The molecule has 0 unspecified atom stereocenters. The molecule has 0 radical (unpaired) electrons. The Balaban J connectivity index is 1.46. The van der Waals surface area contributed by atoms with Crippen molar-refractivity contribution in [1.82, 2.24) is 15.2 Å². The molecule has 2 aliphatic rings. The lowest BCUT2D eigenvalue weighted by molar-refractivity contribution is 0.0822. The van der Waals surface area contributed by atoms with Crippen LogP contribution < -0.4 is 10.6 Å². The van der Waals surface area contributed by atoms with Gasteiger partial charge in [0.05, 0.1) is 16.3 Å². The number of piperidine rings is 1. The maximum absolute atomic E-state index is 12.5. The van der Waals surface area contributed by atoms with Gasteiger partial charge < -0.3 is 10.6 Å². The molecule has 0 aliphatic carbocycles. The van der Waals surface area contributed by atoms with Crippen molar-refractivity contribution in [3.8, 4) is 0 Å². The summed E-state index contributed by atoms with van der Waals surface area (Å²) < 4.78 is 0. The number of rotatable bonds is 2. The number of amides is 1. The van der Waals surface area contributed by atoms with Gasteiger partial charge in [0, 0.05) is 44.9 Å². The number of fused-ring (bicyclic) bond motifs is 1. The summed E-state index contributed by atoms with van der Waals surface area (Å²) in [7, 11) is 0. The van der Waals surface area contributed by atoms with Gasteiger partial charge in [0.2, 0.25) is 0 Å². The minimum Gasteiger partial charge on any atom is -0.362 e. The predicted octanol–water partition coefficient (Wildman–Crippen LogP) is 2.88. The van der Waals surface area contributed by atoms with E-state index < -0.39 is 0 Å². The molecule has 1 aromatic carbocycles. The van der Waals surface area contributed by atoms with E-state index in [1.807, 2.05) is 36.7 Å². The van der Waals surface area contributed by atoms with Gasteiger partial charge in [0.15, 0.2) is 0 Å². The van der Waals surface area contributed by atoms with Crippen molar-refractivity contribution in [3.63, 3.8) is 0 Å². The fourth-order valence-electron chi connectivity index (χ4n) is 3.52. The number of benzene rings is 1. The number of carbonyl (C=O) groups excluding carboxylic acids is 1. The smallest absolute Gasteiger partial charge is 0.256 e. The number of likely N-dealkylation sites (tertiary alicyclic amines) is 1. The first kappa shape index (κ1) is 15.4. The summed E-state index contributed by atoms with van der Waals surface area (Å²) in [4.78, 5) is 19.0. The number of hydrogen-bond donors (Lipinski definition) is 2. The van der Waals surface area contributed by atoms with E-state index in [0.717, 1.165) is 38.2 Å². The zero-order valence-corrected chi connectivity index (χ0v) is 14.0. The van der Waals surface area contributed by atoms with E-state index in [4.69, 9.17) is 11.6 Å². The average Bonchev–Trinajstić information content (AvgIpc) is 2.58. The maximum Gasteiger partial charge on any atom is 0.256 e. The maximum atomic E-state index is 12.5. The van der Waals surface area contributed by atoms with Crippen LogP contribution in [0.4, 0.5) is 5.69 Å². The lowest BCUT2D eigenvalue weighted by Gasteiger charge is -2.46. The molecule has 6 heteroatoms. The molecule has 4 rings (SSSR count). The van der Waals surface area contributed by atoms with E-state index in [-0.39, 0.29) is 11.6 Å². The SMILES string of the molecule is O=C1NC2(CCN(Cc3ccncc3)CC2)Nc2cccc(Cl)c21. The molecule has 2 aliphatic heterocycles. The summed E-state index contributed by atoms with van der Waals surface area (Å²) in [6.07, 6.45) is 5.36.